The number of ether oxygens (including phenoxy) is 1. The molecule has 0 spiro atoms. The van der Waals surface area contributed by atoms with Gasteiger partial charge in [0.05, 0.1) is 13.0 Å². The highest BCUT2D eigenvalue weighted by Gasteiger charge is 2.29. The summed E-state index contributed by atoms with van der Waals surface area (Å²) in [4.78, 5) is 25.0. The summed E-state index contributed by atoms with van der Waals surface area (Å²) in [5.41, 5.74) is 1.61. The highest BCUT2D eigenvalue weighted by Crippen LogP contribution is 2.31. The molecule has 1 aromatic rings. The number of anilines is 1. The topological polar surface area (TPSA) is 46.6 Å². The number of halogens is 1. The largest absolute Gasteiger partial charge is 0.464 e. The van der Waals surface area contributed by atoms with Crippen LogP contribution in [0.15, 0.2) is 18.2 Å². The summed E-state index contributed by atoms with van der Waals surface area (Å²) in [5, 5.41) is 0.554. The quantitative estimate of drug-likeness (QED) is 0.615. The van der Waals surface area contributed by atoms with Gasteiger partial charge in [-0.1, -0.05) is 31.0 Å². The first-order valence-corrected chi connectivity index (χ1v) is 6.74. The molecule has 0 bridgehead atoms. The summed E-state index contributed by atoms with van der Waals surface area (Å²) < 4.78 is 5.07. The number of nitrogens with zero attached hydrogens (tertiary/aromatic N) is 1. The van der Waals surface area contributed by atoms with Crippen LogP contribution in [0.2, 0.25) is 5.02 Å². The van der Waals surface area contributed by atoms with Gasteiger partial charge in [-0.3, -0.25) is 9.59 Å². The van der Waals surface area contributed by atoms with Gasteiger partial charge in [0.1, 0.15) is 6.54 Å². The second kappa shape index (κ2) is 6.06. The number of hydrogen-bond donors (Lipinski definition) is 0. The number of benzene rings is 1. The maximum Gasteiger partial charge on any atom is 0.326 e. The van der Waals surface area contributed by atoms with Gasteiger partial charge in [-0.2, -0.15) is 0 Å². The molecule has 0 aromatic heterocycles. The smallest absolute Gasteiger partial charge is 0.326 e. The number of carbonyl (C=O) groups is 2. The van der Waals surface area contributed by atoms with Crippen LogP contribution in [0.3, 0.4) is 0 Å². The number of rotatable bonds is 5. The summed E-state index contributed by atoms with van der Waals surface area (Å²) in [5.74, 6) is -0.473. The van der Waals surface area contributed by atoms with Crippen LogP contribution in [0, 0.1) is 0 Å². The van der Waals surface area contributed by atoms with E-state index in [1.807, 2.05) is 13.0 Å². The SMILES string of the molecule is CCCCOC(=O)CN1C(=O)Cc2ccc(Cl)cc21. The number of carbonyl (C=O) groups excluding carboxylic acids is 2. The Balaban J connectivity index is 2.03. The van der Waals surface area contributed by atoms with E-state index in [2.05, 4.69) is 0 Å². The summed E-state index contributed by atoms with van der Waals surface area (Å²) >= 11 is 5.92. The molecule has 4 nitrogen and oxygen atoms in total. The molecule has 1 aliphatic heterocycles. The fourth-order valence-corrected chi connectivity index (χ4v) is 2.18. The summed E-state index contributed by atoms with van der Waals surface area (Å²) in [6.45, 7) is 2.38. The zero-order valence-corrected chi connectivity index (χ0v) is 11.6. The minimum Gasteiger partial charge on any atom is -0.464 e. The minimum atomic E-state index is -0.380. The summed E-state index contributed by atoms with van der Waals surface area (Å²) in [6.07, 6.45) is 2.12. The van der Waals surface area contributed by atoms with Crippen LogP contribution in [0.5, 0.6) is 0 Å². The molecule has 5 heteroatoms. The van der Waals surface area contributed by atoms with Crippen molar-refractivity contribution >= 4 is 29.2 Å². The number of hydrogen-bond acceptors (Lipinski definition) is 3. The second-order valence-electron chi connectivity index (χ2n) is 4.50. The molecular formula is C14H16ClNO3. The van der Waals surface area contributed by atoms with E-state index in [0.29, 0.717) is 23.7 Å². The third-order valence-electron chi connectivity index (χ3n) is 3.03. The second-order valence-corrected chi connectivity index (χ2v) is 4.94. The van der Waals surface area contributed by atoms with E-state index >= 15 is 0 Å². The van der Waals surface area contributed by atoms with Gasteiger partial charge < -0.3 is 9.64 Å². The number of fused-ring (bicyclic) bond motifs is 1. The normalized spacial score (nSPS) is 13.6. The molecule has 0 N–H and O–H groups in total. The first kappa shape index (κ1) is 13.9. The number of unbranched alkanes of at least 4 members (excludes halogenated alkanes) is 1. The van der Waals surface area contributed by atoms with E-state index in [-0.39, 0.29) is 18.4 Å². The molecule has 0 radical (unpaired) electrons. The Bertz CT molecular complexity index is 501. The van der Waals surface area contributed by atoms with Crippen LogP contribution in [0.4, 0.5) is 5.69 Å². The van der Waals surface area contributed by atoms with Crippen molar-refractivity contribution in [2.45, 2.75) is 26.2 Å². The van der Waals surface area contributed by atoms with Crippen molar-refractivity contribution < 1.29 is 14.3 Å². The highest BCUT2D eigenvalue weighted by atomic mass is 35.5. The Hall–Kier alpha value is -1.55. The minimum absolute atomic E-state index is 0.0457. The fourth-order valence-electron chi connectivity index (χ4n) is 2.01. The Kier molecular flexibility index (Phi) is 4.43. The maximum atomic E-state index is 11.9. The Labute approximate surface area is 117 Å². The lowest BCUT2D eigenvalue weighted by molar-refractivity contribution is -0.142. The summed E-state index contributed by atoms with van der Waals surface area (Å²) in [6, 6.07) is 5.27. The molecule has 0 saturated heterocycles. The molecule has 0 aliphatic carbocycles. The van der Waals surface area contributed by atoms with Crippen LogP contribution in [-0.4, -0.2) is 25.0 Å². The van der Waals surface area contributed by atoms with Crippen LogP contribution >= 0.6 is 11.6 Å². The van der Waals surface area contributed by atoms with Gasteiger partial charge in [-0.25, -0.2) is 0 Å². The highest BCUT2D eigenvalue weighted by molar-refractivity contribution is 6.31. The molecule has 1 amide bonds. The fraction of sp³-hybridized carbons (Fsp3) is 0.429. The van der Waals surface area contributed by atoms with Gasteiger partial charge in [-0.15, -0.1) is 0 Å². The van der Waals surface area contributed by atoms with E-state index in [9.17, 15) is 9.59 Å². The Morgan fingerprint density at radius 2 is 2.26 bits per heavy atom. The van der Waals surface area contributed by atoms with Crippen LogP contribution in [0.1, 0.15) is 25.3 Å². The monoisotopic (exact) mass is 281 g/mol. The zero-order chi connectivity index (χ0) is 13.8. The van der Waals surface area contributed by atoms with Crippen molar-refractivity contribution in [2.75, 3.05) is 18.1 Å². The van der Waals surface area contributed by atoms with Gasteiger partial charge in [0.15, 0.2) is 0 Å². The maximum absolute atomic E-state index is 11.9. The van der Waals surface area contributed by atoms with Crippen LogP contribution in [-0.2, 0) is 20.7 Å². The first-order valence-electron chi connectivity index (χ1n) is 6.36. The van der Waals surface area contributed by atoms with Crippen molar-refractivity contribution in [2.24, 2.45) is 0 Å². The lowest BCUT2D eigenvalue weighted by Gasteiger charge is -2.16. The Morgan fingerprint density at radius 1 is 1.47 bits per heavy atom. The molecule has 2 rings (SSSR count). The molecule has 19 heavy (non-hydrogen) atoms. The predicted octanol–water partition coefficient (Wildman–Crippen LogP) is 2.57. The average Bonchev–Trinajstić information content (AvgIpc) is 2.66. The third-order valence-corrected chi connectivity index (χ3v) is 3.26. The van der Waals surface area contributed by atoms with Crippen molar-refractivity contribution in [3.8, 4) is 0 Å². The summed E-state index contributed by atoms with van der Waals surface area (Å²) in [7, 11) is 0. The van der Waals surface area contributed by atoms with Gasteiger partial charge in [0.25, 0.3) is 0 Å². The standard InChI is InChI=1S/C14H16ClNO3/c1-2-3-6-19-14(18)9-16-12-8-11(15)5-4-10(12)7-13(16)17/h4-5,8H,2-3,6-7,9H2,1H3. The average molecular weight is 282 g/mol. The molecule has 1 heterocycles. The molecule has 0 atom stereocenters. The number of esters is 1. The van der Waals surface area contributed by atoms with Crippen molar-refractivity contribution in [1.82, 2.24) is 0 Å². The predicted molar refractivity (Wildman–Crippen MR) is 73.4 cm³/mol. The first-order chi connectivity index (χ1) is 9.11. The molecule has 1 aliphatic rings. The number of amides is 1. The molecule has 102 valence electrons. The van der Waals surface area contributed by atoms with Gasteiger partial charge in [-0.05, 0) is 24.1 Å². The molecular weight excluding hydrogens is 266 g/mol. The van der Waals surface area contributed by atoms with Crippen molar-refractivity contribution in [1.29, 1.82) is 0 Å². The van der Waals surface area contributed by atoms with Gasteiger partial charge in [0.2, 0.25) is 5.91 Å². The third kappa shape index (κ3) is 3.26. The molecule has 0 unspecified atom stereocenters. The molecule has 0 fully saturated rings. The van der Waals surface area contributed by atoms with Gasteiger partial charge >= 0.3 is 5.97 Å². The van der Waals surface area contributed by atoms with Crippen molar-refractivity contribution in [3.05, 3.63) is 28.8 Å². The zero-order valence-electron chi connectivity index (χ0n) is 10.8. The van der Waals surface area contributed by atoms with Crippen LogP contribution < -0.4 is 4.90 Å². The van der Waals surface area contributed by atoms with E-state index in [0.717, 1.165) is 18.4 Å². The lowest BCUT2D eigenvalue weighted by Crippen LogP contribution is -2.33. The van der Waals surface area contributed by atoms with Crippen molar-refractivity contribution in [3.63, 3.8) is 0 Å². The van der Waals surface area contributed by atoms with E-state index in [1.54, 1.807) is 12.1 Å². The van der Waals surface area contributed by atoms with Gasteiger partial charge in [0, 0.05) is 10.7 Å². The molecule has 0 saturated carbocycles. The van der Waals surface area contributed by atoms with E-state index in [1.165, 1.54) is 4.90 Å². The van der Waals surface area contributed by atoms with E-state index in [4.69, 9.17) is 16.3 Å². The van der Waals surface area contributed by atoms with E-state index < -0.39 is 0 Å². The van der Waals surface area contributed by atoms with Crippen LogP contribution in [0.25, 0.3) is 0 Å². The molecule has 1 aromatic carbocycles. The lowest BCUT2D eigenvalue weighted by atomic mass is 10.2. The Morgan fingerprint density at radius 3 is 3.00 bits per heavy atom.